The predicted molar refractivity (Wildman–Crippen MR) is 75.8 cm³/mol. The van der Waals surface area contributed by atoms with E-state index in [1.807, 2.05) is 31.4 Å². The average molecular weight is 276 g/mol. The molecule has 1 amide bonds. The van der Waals surface area contributed by atoms with Crippen molar-refractivity contribution in [2.45, 2.75) is 26.4 Å². The molecule has 6 heteroatoms. The lowest BCUT2D eigenvalue weighted by atomic mass is 10.2. The minimum atomic E-state index is -0.150. The molecule has 0 saturated carbocycles. The molecule has 2 aromatic rings. The first kappa shape index (κ1) is 13.5. The van der Waals surface area contributed by atoms with Crippen molar-refractivity contribution in [1.82, 2.24) is 14.9 Å². The smallest absolute Gasteiger partial charge is 0.274 e. The van der Waals surface area contributed by atoms with Gasteiger partial charge in [0.25, 0.3) is 5.91 Å². The standard InChI is InChI=1S/C13H16N4OS/c1-9(2)17(8-10-4-3-5-19-10)13(18)11-6-15-7-12(14)16-11/h3-7,9H,8H2,1-2H3,(H2,14,16). The number of nitrogens with zero attached hydrogens (tertiary/aromatic N) is 3. The first-order chi connectivity index (χ1) is 9.08. The first-order valence-corrected chi connectivity index (χ1v) is 6.86. The van der Waals surface area contributed by atoms with Crippen molar-refractivity contribution in [3.8, 4) is 0 Å². The number of anilines is 1. The third-order valence-corrected chi connectivity index (χ3v) is 3.52. The number of nitrogens with two attached hydrogens (primary N) is 1. The lowest BCUT2D eigenvalue weighted by molar-refractivity contribution is 0.0686. The van der Waals surface area contributed by atoms with Crippen molar-refractivity contribution in [2.75, 3.05) is 5.73 Å². The van der Waals surface area contributed by atoms with Gasteiger partial charge in [0.2, 0.25) is 0 Å². The normalized spacial score (nSPS) is 10.7. The summed E-state index contributed by atoms with van der Waals surface area (Å²) in [5.41, 5.74) is 5.85. The highest BCUT2D eigenvalue weighted by atomic mass is 32.1. The molecule has 2 heterocycles. The predicted octanol–water partition coefficient (Wildman–Crippen LogP) is 2.17. The van der Waals surface area contributed by atoms with Gasteiger partial charge >= 0.3 is 0 Å². The van der Waals surface area contributed by atoms with Crippen LogP contribution in [0.3, 0.4) is 0 Å². The second-order valence-electron chi connectivity index (χ2n) is 4.44. The summed E-state index contributed by atoms with van der Waals surface area (Å²) in [7, 11) is 0. The molecule has 0 aromatic carbocycles. The Morgan fingerprint density at radius 1 is 1.47 bits per heavy atom. The Bertz CT molecular complexity index is 554. The van der Waals surface area contributed by atoms with Gasteiger partial charge in [0.15, 0.2) is 0 Å². The van der Waals surface area contributed by atoms with E-state index in [0.29, 0.717) is 6.54 Å². The van der Waals surface area contributed by atoms with Crippen LogP contribution in [0.2, 0.25) is 0 Å². The fourth-order valence-electron chi connectivity index (χ4n) is 1.69. The number of hydrogen-bond acceptors (Lipinski definition) is 5. The Hall–Kier alpha value is -1.95. The lowest BCUT2D eigenvalue weighted by Gasteiger charge is -2.25. The molecule has 0 bridgehead atoms. The van der Waals surface area contributed by atoms with Crippen LogP contribution in [0.5, 0.6) is 0 Å². The number of amides is 1. The van der Waals surface area contributed by atoms with E-state index in [2.05, 4.69) is 9.97 Å². The molecule has 2 rings (SSSR count). The van der Waals surface area contributed by atoms with Crippen molar-refractivity contribution in [2.24, 2.45) is 0 Å². The minimum Gasteiger partial charge on any atom is -0.382 e. The first-order valence-electron chi connectivity index (χ1n) is 5.99. The summed E-state index contributed by atoms with van der Waals surface area (Å²) in [5.74, 6) is 0.105. The Morgan fingerprint density at radius 3 is 2.84 bits per heavy atom. The quantitative estimate of drug-likeness (QED) is 0.929. The summed E-state index contributed by atoms with van der Waals surface area (Å²) in [6.45, 7) is 4.53. The van der Waals surface area contributed by atoms with Crippen LogP contribution in [-0.2, 0) is 6.54 Å². The molecule has 100 valence electrons. The fraction of sp³-hybridized carbons (Fsp3) is 0.308. The van der Waals surface area contributed by atoms with Crippen LogP contribution in [0.15, 0.2) is 29.9 Å². The van der Waals surface area contributed by atoms with Crippen molar-refractivity contribution >= 4 is 23.1 Å². The molecule has 2 N–H and O–H groups in total. The van der Waals surface area contributed by atoms with E-state index < -0.39 is 0 Å². The molecule has 2 aromatic heterocycles. The maximum atomic E-state index is 12.4. The zero-order valence-corrected chi connectivity index (χ0v) is 11.7. The van der Waals surface area contributed by atoms with Gasteiger partial charge in [-0.3, -0.25) is 9.78 Å². The summed E-state index contributed by atoms with van der Waals surface area (Å²) in [6.07, 6.45) is 2.87. The zero-order valence-electron chi connectivity index (χ0n) is 10.9. The molecule has 0 aliphatic heterocycles. The Kier molecular flexibility index (Phi) is 4.11. The van der Waals surface area contributed by atoms with Gasteiger partial charge < -0.3 is 10.6 Å². The molecule has 0 aliphatic carbocycles. The Balaban J connectivity index is 2.21. The van der Waals surface area contributed by atoms with E-state index in [1.165, 1.54) is 12.4 Å². The van der Waals surface area contributed by atoms with E-state index in [-0.39, 0.29) is 23.5 Å². The summed E-state index contributed by atoms with van der Waals surface area (Å²) in [6, 6.07) is 4.07. The van der Waals surface area contributed by atoms with Gasteiger partial charge in [-0.15, -0.1) is 11.3 Å². The highest BCUT2D eigenvalue weighted by Crippen LogP contribution is 2.16. The Labute approximate surface area is 116 Å². The number of hydrogen-bond donors (Lipinski definition) is 1. The van der Waals surface area contributed by atoms with Gasteiger partial charge in [-0.1, -0.05) is 6.07 Å². The van der Waals surface area contributed by atoms with Crippen LogP contribution in [0, 0.1) is 0 Å². The number of aromatic nitrogens is 2. The van der Waals surface area contributed by atoms with Gasteiger partial charge in [-0.05, 0) is 25.3 Å². The zero-order chi connectivity index (χ0) is 13.8. The third kappa shape index (κ3) is 3.29. The van der Waals surface area contributed by atoms with Gasteiger partial charge in [0.1, 0.15) is 11.5 Å². The third-order valence-electron chi connectivity index (χ3n) is 2.66. The largest absolute Gasteiger partial charge is 0.382 e. The summed E-state index contributed by atoms with van der Waals surface area (Å²) in [4.78, 5) is 23.3. The number of carbonyl (C=O) groups excluding carboxylic acids is 1. The monoisotopic (exact) mass is 276 g/mol. The number of thiophene rings is 1. The fourth-order valence-corrected chi connectivity index (χ4v) is 2.39. The molecular weight excluding hydrogens is 260 g/mol. The highest BCUT2D eigenvalue weighted by molar-refractivity contribution is 7.09. The maximum Gasteiger partial charge on any atom is 0.274 e. The van der Waals surface area contributed by atoms with Crippen LogP contribution in [-0.4, -0.2) is 26.8 Å². The van der Waals surface area contributed by atoms with Gasteiger partial charge in [0, 0.05) is 10.9 Å². The SMILES string of the molecule is CC(C)N(Cc1cccs1)C(=O)c1cncc(N)n1. The average Bonchev–Trinajstić information content (AvgIpc) is 2.87. The molecule has 0 unspecified atom stereocenters. The second kappa shape index (κ2) is 5.79. The van der Waals surface area contributed by atoms with E-state index >= 15 is 0 Å². The molecule has 19 heavy (non-hydrogen) atoms. The molecule has 0 fully saturated rings. The van der Waals surface area contributed by atoms with E-state index in [0.717, 1.165) is 4.88 Å². The highest BCUT2D eigenvalue weighted by Gasteiger charge is 2.21. The second-order valence-corrected chi connectivity index (χ2v) is 5.47. The number of nitrogen functional groups attached to an aromatic ring is 1. The molecule has 0 saturated heterocycles. The van der Waals surface area contributed by atoms with Crippen molar-refractivity contribution in [3.63, 3.8) is 0 Å². The van der Waals surface area contributed by atoms with Gasteiger partial charge in [-0.2, -0.15) is 0 Å². The molecule has 0 atom stereocenters. The maximum absolute atomic E-state index is 12.4. The van der Waals surface area contributed by atoms with Crippen molar-refractivity contribution < 1.29 is 4.79 Å². The topological polar surface area (TPSA) is 72.1 Å². The summed E-state index contributed by atoms with van der Waals surface area (Å²) >= 11 is 1.63. The Morgan fingerprint density at radius 2 is 2.26 bits per heavy atom. The molecule has 0 radical (unpaired) electrons. The van der Waals surface area contributed by atoms with E-state index in [4.69, 9.17) is 5.73 Å². The van der Waals surface area contributed by atoms with Gasteiger partial charge in [-0.25, -0.2) is 4.98 Å². The molecular formula is C13H16N4OS. The minimum absolute atomic E-state index is 0.0813. The van der Waals surface area contributed by atoms with Crippen LogP contribution >= 0.6 is 11.3 Å². The lowest BCUT2D eigenvalue weighted by Crippen LogP contribution is -2.36. The van der Waals surface area contributed by atoms with Crippen LogP contribution in [0.25, 0.3) is 0 Å². The number of carbonyl (C=O) groups is 1. The summed E-state index contributed by atoms with van der Waals surface area (Å²) in [5, 5.41) is 2.00. The molecule has 5 nitrogen and oxygen atoms in total. The molecule has 0 spiro atoms. The van der Waals surface area contributed by atoms with Crippen molar-refractivity contribution in [3.05, 3.63) is 40.5 Å². The molecule has 0 aliphatic rings. The summed E-state index contributed by atoms with van der Waals surface area (Å²) < 4.78 is 0. The van der Waals surface area contributed by atoms with Crippen LogP contribution < -0.4 is 5.73 Å². The van der Waals surface area contributed by atoms with Gasteiger partial charge in [0.05, 0.1) is 18.9 Å². The van der Waals surface area contributed by atoms with Crippen LogP contribution in [0.1, 0.15) is 29.2 Å². The van der Waals surface area contributed by atoms with E-state index in [9.17, 15) is 4.79 Å². The van der Waals surface area contributed by atoms with Crippen LogP contribution in [0.4, 0.5) is 5.82 Å². The van der Waals surface area contributed by atoms with Crippen molar-refractivity contribution in [1.29, 1.82) is 0 Å². The number of rotatable bonds is 4. The van der Waals surface area contributed by atoms with E-state index in [1.54, 1.807) is 16.2 Å².